The van der Waals surface area contributed by atoms with Crippen molar-refractivity contribution >= 4 is 0 Å². The molecule has 0 fully saturated rings. The first kappa shape index (κ1) is 10.0. The molecular formula is C9H10F3N. The van der Waals surface area contributed by atoms with Gasteiger partial charge in [0.15, 0.2) is 0 Å². The Morgan fingerprint density at radius 1 is 1.38 bits per heavy atom. The van der Waals surface area contributed by atoms with Gasteiger partial charge in [-0.2, -0.15) is 13.2 Å². The topological polar surface area (TPSA) is 12.9 Å². The summed E-state index contributed by atoms with van der Waals surface area (Å²) >= 11 is 0. The zero-order valence-corrected chi connectivity index (χ0v) is 7.44. The van der Waals surface area contributed by atoms with Gasteiger partial charge >= 0.3 is 6.18 Å². The minimum absolute atomic E-state index is 0.257. The van der Waals surface area contributed by atoms with Crippen LogP contribution >= 0.6 is 0 Å². The van der Waals surface area contributed by atoms with Crippen LogP contribution in [0.1, 0.15) is 23.7 Å². The van der Waals surface area contributed by atoms with Crippen LogP contribution in [-0.2, 0) is 12.6 Å². The molecule has 0 radical (unpaired) electrons. The maximum Gasteiger partial charge on any atom is 0.433 e. The Morgan fingerprint density at radius 3 is 2.46 bits per heavy atom. The van der Waals surface area contributed by atoms with E-state index >= 15 is 0 Å². The van der Waals surface area contributed by atoms with Crippen molar-refractivity contribution < 1.29 is 13.2 Å². The molecule has 0 aliphatic heterocycles. The van der Waals surface area contributed by atoms with Crippen LogP contribution in [0.2, 0.25) is 0 Å². The summed E-state index contributed by atoms with van der Waals surface area (Å²) in [5.74, 6) is 0. The standard InChI is InChI=1S/C9H10F3N/c1-3-7-4-6(2)5-13-8(7)9(10,11)12/h4-5H,3H2,1-2H3. The van der Waals surface area contributed by atoms with Gasteiger partial charge in [-0.3, -0.25) is 4.98 Å². The number of hydrogen-bond donors (Lipinski definition) is 0. The Kier molecular flexibility index (Phi) is 2.59. The molecule has 1 rings (SSSR count). The van der Waals surface area contributed by atoms with Crippen molar-refractivity contribution in [2.24, 2.45) is 0 Å². The van der Waals surface area contributed by atoms with Gasteiger partial charge in [0.05, 0.1) is 0 Å². The van der Waals surface area contributed by atoms with Gasteiger partial charge in [0.1, 0.15) is 5.69 Å². The highest BCUT2D eigenvalue weighted by atomic mass is 19.4. The molecule has 0 saturated carbocycles. The average Bonchev–Trinajstić information content (AvgIpc) is 2.01. The van der Waals surface area contributed by atoms with E-state index in [1.165, 1.54) is 12.3 Å². The molecule has 0 aliphatic rings. The van der Waals surface area contributed by atoms with Crippen LogP contribution in [0.3, 0.4) is 0 Å². The van der Waals surface area contributed by atoms with Crippen molar-refractivity contribution in [2.45, 2.75) is 26.4 Å². The molecule has 72 valence electrons. The fraction of sp³-hybridized carbons (Fsp3) is 0.444. The predicted molar refractivity (Wildman–Crippen MR) is 43.4 cm³/mol. The van der Waals surface area contributed by atoms with Crippen LogP contribution < -0.4 is 0 Å². The normalized spacial score (nSPS) is 11.8. The molecule has 0 atom stereocenters. The molecular weight excluding hydrogens is 179 g/mol. The third kappa shape index (κ3) is 2.20. The summed E-state index contributed by atoms with van der Waals surface area (Å²) in [4.78, 5) is 3.40. The van der Waals surface area contributed by atoms with Crippen molar-refractivity contribution in [1.29, 1.82) is 0 Å². The van der Waals surface area contributed by atoms with Gasteiger partial charge < -0.3 is 0 Å². The van der Waals surface area contributed by atoms with E-state index in [0.717, 1.165) is 5.56 Å². The third-order valence-corrected chi connectivity index (χ3v) is 1.75. The molecule has 1 aromatic heterocycles. The number of rotatable bonds is 1. The predicted octanol–water partition coefficient (Wildman–Crippen LogP) is 2.97. The van der Waals surface area contributed by atoms with Crippen LogP contribution in [0, 0.1) is 6.92 Å². The maximum absolute atomic E-state index is 12.3. The fourth-order valence-electron chi connectivity index (χ4n) is 1.15. The van der Waals surface area contributed by atoms with E-state index in [9.17, 15) is 13.2 Å². The quantitative estimate of drug-likeness (QED) is 0.661. The Balaban J connectivity index is 3.22. The van der Waals surface area contributed by atoms with Crippen molar-refractivity contribution in [3.8, 4) is 0 Å². The SMILES string of the molecule is CCc1cc(C)cnc1C(F)(F)F. The molecule has 13 heavy (non-hydrogen) atoms. The van der Waals surface area contributed by atoms with Crippen molar-refractivity contribution in [2.75, 3.05) is 0 Å². The number of nitrogens with zero attached hydrogens (tertiary/aromatic N) is 1. The smallest absolute Gasteiger partial charge is 0.251 e. The van der Waals surface area contributed by atoms with Gasteiger partial charge in [0.25, 0.3) is 0 Å². The number of aromatic nitrogens is 1. The molecule has 1 aromatic rings. The first-order valence-corrected chi connectivity index (χ1v) is 3.98. The monoisotopic (exact) mass is 189 g/mol. The minimum atomic E-state index is -4.33. The van der Waals surface area contributed by atoms with Crippen molar-refractivity contribution in [3.63, 3.8) is 0 Å². The number of alkyl halides is 3. The first-order valence-electron chi connectivity index (χ1n) is 3.98. The van der Waals surface area contributed by atoms with E-state index in [1.807, 2.05) is 0 Å². The summed E-state index contributed by atoms with van der Waals surface area (Å²) in [6.07, 6.45) is -2.75. The van der Waals surface area contributed by atoms with Crippen LogP contribution in [-0.4, -0.2) is 4.98 Å². The average molecular weight is 189 g/mol. The van der Waals surface area contributed by atoms with E-state index in [-0.39, 0.29) is 5.56 Å². The largest absolute Gasteiger partial charge is 0.433 e. The molecule has 4 heteroatoms. The summed E-state index contributed by atoms with van der Waals surface area (Å²) in [6, 6.07) is 1.52. The molecule has 0 unspecified atom stereocenters. The summed E-state index contributed by atoms with van der Waals surface area (Å²) < 4.78 is 36.9. The second-order valence-corrected chi connectivity index (χ2v) is 2.87. The van der Waals surface area contributed by atoms with Crippen LogP contribution in [0.15, 0.2) is 12.3 Å². The Hall–Kier alpha value is -1.06. The summed E-state index contributed by atoms with van der Waals surface area (Å²) in [5.41, 5.74) is 0.248. The van der Waals surface area contributed by atoms with Crippen LogP contribution in [0.25, 0.3) is 0 Å². The minimum Gasteiger partial charge on any atom is -0.251 e. The van der Waals surface area contributed by atoms with E-state index < -0.39 is 11.9 Å². The molecule has 0 aliphatic carbocycles. The number of aryl methyl sites for hydroxylation is 2. The lowest BCUT2D eigenvalue weighted by molar-refractivity contribution is -0.141. The second kappa shape index (κ2) is 3.36. The molecule has 1 heterocycles. The first-order chi connectivity index (χ1) is 5.95. The van der Waals surface area contributed by atoms with E-state index in [0.29, 0.717) is 6.42 Å². The van der Waals surface area contributed by atoms with E-state index in [4.69, 9.17) is 0 Å². The zero-order chi connectivity index (χ0) is 10.1. The molecule has 0 aromatic carbocycles. The van der Waals surface area contributed by atoms with Crippen LogP contribution in [0.4, 0.5) is 13.2 Å². The summed E-state index contributed by atoms with van der Waals surface area (Å²) in [5, 5.41) is 0. The zero-order valence-electron chi connectivity index (χ0n) is 7.44. The van der Waals surface area contributed by atoms with Crippen LogP contribution in [0.5, 0.6) is 0 Å². The highest BCUT2D eigenvalue weighted by Gasteiger charge is 2.34. The lowest BCUT2D eigenvalue weighted by Gasteiger charge is -2.10. The molecule has 0 N–H and O–H groups in total. The van der Waals surface area contributed by atoms with Gasteiger partial charge in [-0.05, 0) is 24.5 Å². The number of pyridine rings is 1. The van der Waals surface area contributed by atoms with Gasteiger partial charge in [0, 0.05) is 6.20 Å². The number of halogens is 3. The highest BCUT2D eigenvalue weighted by molar-refractivity contribution is 5.26. The summed E-state index contributed by atoms with van der Waals surface area (Å²) in [7, 11) is 0. The lowest BCUT2D eigenvalue weighted by Crippen LogP contribution is -2.11. The van der Waals surface area contributed by atoms with E-state index in [2.05, 4.69) is 4.98 Å². The van der Waals surface area contributed by atoms with Crippen molar-refractivity contribution in [1.82, 2.24) is 4.98 Å². The molecule has 1 nitrogen and oxygen atoms in total. The molecule has 0 spiro atoms. The van der Waals surface area contributed by atoms with Crippen molar-refractivity contribution in [3.05, 3.63) is 29.1 Å². The maximum atomic E-state index is 12.3. The Bertz CT molecular complexity index is 304. The van der Waals surface area contributed by atoms with Gasteiger partial charge in [-0.15, -0.1) is 0 Å². The fourth-order valence-corrected chi connectivity index (χ4v) is 1.15. The third-order valence-electron chi connectivity index (χ3n) is 1.75. The van der Waals surface area contributed by atoms with E-state index in [1.54, 1.807) is 13.8 Å². The Morgan fingerprint density at radius 2 is 2.00 bits per heavy atom. The van der Waals surface area contributed by atoms with Gasteiger partial charge in [0.2, 0.25) is 0 Å². The number of hydrogen-bond acceptors (Lipinski definition) is 1. The molecule has 0 bridgehead atoms. The Labute approximate surface area is 74.6 Å². The second-order valence-electron chi connectivity index (χ2n) is 2.87. The summed E-state index contributed by atoms with van der Waals surface area (Å²) in [6.45, 7) is 3.41. The highest BCUT2D eigenvalue weighted by Crippen LogP contribution is 2.30. The van der Waals surface area contributed by atoms with Gasteiger partial charge in [-0.25, -0.2) is 0 Å². The van der Waals surface area contributed by atoms with Gasteiger partial charge in [-0.1, -0.05) is 13.0 Å². The molecule has 0 saturated heterocycles. The molecule has 0 amide bonds. The lowest BCUT2D eigenvalue weighted by atomic mass is 10.1.